The zero-order valence-corrected chi connectivity index (χ0v) is 9.15. The van der Waals surface area contributed by atoms with Crippen LogP contribution in [-0.4, -0.2) is 18.3 Å². The molecule has 0 heterocycles. The van der Waals surface area contributed by atoms with Crippen LogP contribution in [0.4, 0.5) is 0 Å². The highest BCUT2D eigenvalue weighted by Crippen LogP contribution is 2.25. The van der Waals surface area contributed by atoms with Crippen LogP contribution in [-0.2, 0) is 0 Å². The summed E-state index contributed by atoms with van der Waals surface area (Å²) in [5.41, 5.74) is 7.01. The lowest BCUT2D eigenvalue weighted by Gasteiger charge is -2.15. The molecule has 15 heavy (non-hydrogen) atoms. The fourth-order valence-corrected chi connectivity index (χ4v) is 1.38. The summed E-state index contributed by atoms with van der Waals surface area (Å²) in [4.78, 5) is 0. The highest BCUT2D eigenvalue weighted by Gasteiger charge is 2.09. The zero-order chi connectivity index (χ0) is 11.1. The normalized spacial score (nSPS) is 12.5. The highest BCUT2D eigenvalue weighted by atomic mass is 16.5. The van der Waals surface area contributed by atoms with Gasteiger partial charge in [-0.1, -0.05) is 25.1 Å². The third kappa shape index (κ3) is 3.53. The molecule has 84 valence electrons. The third-order valence-electron chi connectivity index (χ3n) is 2.32. The summed E-state index contributed by atoms with van der Waals surface area (Å²) in [7, 11) is 0. The van der Waals surface area contributed by atoms with Gasteiger partial charge in [-0.25, -0.2) is 0 Å². The van der Waals surface area contributed by atoms with Crippen molar-refractivity contribution in [2.24, 2.45) is 5.73 Å². The molecule has 0 radical (unpaired) electrons. The van der Waals surface area contributed by atoms with E-state index in [4.69, 9.17) is 15.6 Å². The van der Waals surface area contributed by atoms with E-state index in [0.29, 0.717) is 13.0 Å². The molecule has 1 aromatic carbocycles. The minimum atomic E-state index is 0.0235. The molecule has 0 aliphatic heterocycles. The lowest BCUT2D eigenvalue weighted by atomic mass is 10.0. The van der Waals surface area contributed by atoms with Gasteiger partial charge in [0.1, 0.15) is 5.75 Å². The van der Waals surface area contributed by atoms with Crippen molar-refractivity contribution in [1.29, 1.82) is 0 Å². The Hall–Kier alpha value is -1.06. The van der Waals surface area contributed by atoms with Crippen LogP contribution in [0.25, 0.3) is 0 Å². The van der Waals surface area contributed by atoms with Gasteiger partial charge in [0.2, 0.25) is 0 Å². The minimum Gasteiger partial charge on any atom is -0.493 e. The molecule has 3 N–H and O–H groups in total. The molecule has 1 rings (SSSR count). The zero-order valence-electron chi connectivity index (χ0n) is 9.15. The van der Waals surface area contributed by atoms with Gasteiger partial charge in [-0.3, -0.25) is 0 Å². The average Bonchev–Trinajstić information content (AvgIpc) is 2.29. The van der Waals surface area contributed by atoms with E-state index in [1.165, 1.54) is 0 Å². The van der Waals surface area contributed by atoms with Gasteiger partial charge in [0.05, 0.1) is 6.61 Å². The molecule has 0 aromatic heterocycles. The van der Waals surface area contributed by atoms with Crippen molar-refractivity contribution in [2.45, 2.75) is 25.8 Å². The number of benzene rings is 1. The fraction of sp³-hybridized carbons (Fsp3) is 0.500. The fourth-order valence-electron chi connectivity index (χ4n) is 1.38. The molecule has 0 fully saturated rings. The quantitative estimate of drug-likeness (QED) is 0.703. The molecule has 0 saturated heterocycles. The number of hydrogen-bond donors (Lipinski definition) is 2. The molecule has 0 unspecified atom stereocenters. The second-order valence-electron chi connectivity index (χ2n) is 3.48. The molecule has 3 heteroatoms. The van der Waals surface area contributed by atoms with Crippen LogP contribution in [0.3, 0.4) is 0 Å². The molecule has 0 aliphatic carbocycles. The van der Waals surface area contributed by atoms with E-state index in [1.54, 1.807) is 0 Å². The van der Waals surface area contributed by atoms with E-state index >= 15 is 0 Å². The van der Waals surface area contributed by atoms with Crippen LogP contribution in [0.1, 0.15) is 31.4 Å². The predicted molar refractivity (Wildman–Crippen MR) is 60.9 cm³/mol. The van der Waals surface area contributed by atoms with Crippen molar-refractivity contribution in [2.75, 3.05) is 13.2 Å². The first-order chi connectivity index (χ1) is 7.29. The molecule has 1 atom stereocenters. The molecule has 0 bridgehead atoms. The number of nitrogens with two attached hydrogens (primary N) is 1. The predicted octanol–water partition coefficient (Wildman–Crippen LogP) is 1.86. The second-order valence-corrected chi connectivity index (χ2v) is 3.48. The van der Waals surface area contributed by atoms with Gasteiger partial charge < -0.3 is 15.6 Å². The highest BCUT2D eigenvalue weighted by molar-refractivity contribution is 5.35. The average molecular weight is 209 g/mol. The Balaban J connectivity index is 2.68. The Kier molecular flexibility index (Phi) is 5.15. The maximum atomic E-state index is 8.66. The number of ether oxygens (including phenoxy) is 1. The molecule has 0 amide bonds. The van der Waals surface area contributed by atoms with Crippen molar-refractivity contribution < 1.29 is 9.84 Å². The number of aliphatic hydroxyl groups excluding tert-OH is 1. The Morgan fingerprint density at radius 1 is 1.40 bits per heavy atom. The first-order valence-electron chi connectivity index (χ1n) is 5.37. The van der Waals surface area contributed by atoms with E-state index in [-0.39, 0.29) is 12.6 Å². The summed E-state index contributed by atoms with van der Waals surface area (Å²) >= 11 is 0. The molecule has 0 spiro atoms. The molecular formula is C12H19NO2. The first-order valence-corrected chi connectivity index (χ1v) is 5.37. The number of rotatable bonds is 6. The summed E-state index contributed by atoms with van der Waals surface area (Å²) < 4.78 is 5.56. The number of aliphatic hydroxyl groups is 1. The van der Waals surface area contributed by atoms with Gasteiger partial charge in [0.15, 0.2) is 0 Å². The smallest absolute Gasteiger partial charge is 0.124 e. The van der Waals surface area contributed by atoms with E-state index in [9.17, 15) is 0 Å². The first kappa shape index (κ1) is 12.0. The van der Waals surface area contributed by atoms with E-state index in [0.717, 1.165) is 17.7 Å². The van der Waals surface area contributed by atoms with Crippen molar-refractivity contribution in [1.82, 2.24) is 0 Å². The Morgan fingerprint density at radius 3 is 2.80 bits per heavy atom. The van der Waals surface area contributed by atoms with Crippen LogP contribution < -0.4 is 10.5 Å². The van der Waals surface area contributed by atoms with Crippen LogP contribution in [0.15, 0.2) is 24.3 Å². The minimum absolute atomic E-state index is 0.0235. The van der Waals surface area contributed by atoms with E-state index in [2.05, 4.69) is 6.92 Å². The Labute approximate surface area is 90.9 Å². The van der Waals surface area contributed by atoms with Crippen molar-refractivity contribution >= 4 is 0 Å². The largest absolute Gasteiger partial charge is 0.493 e. The second kappa shape index (κ2) is 6.43. The van der Waals surface area contributed by atoms with Crippen molar-refractivity contribution in [3.05, 3.63) is 29.8 Å². The molecule has 3 nitrogen and oxygen atoms in total. The topological polar surface area (TPSA) is 55.5 Å². The molecule has 0 saturated carbocycles. The molecular weight excluding hydrogens is 190 g/mol. The van der Waals surface area contributed by atoms with Crippen molar-refractivity contribution in [3.8, 4) is 5.75 Å². The van der Waals surface area contributed by atoms with Gasteiger partial charge >= 0.3 is 0 Å². The summed E-state index contributed by atoms with van der Waals surface area (Å²) in [6, 6.07) is 7.82. The maximum absolute atomic E-state index is 8.66. The van der Waals surface area contributed by atoms with Gasteiger partial charge in [-0.15, -0.1) is 0 Å². The summed E-state index contributed by atoms with van der Waals surface area (Å²) in [6.07, 6.45) is 1.54. The van der Waals surface area contributed by atoms with Gasteiger partial charge in [0, 0.05) is 24.6 Å². The Morgan fingerprint density at radius 2 is 2.13 bits per heavy atom. The van der Waals surface area contributed by atoms with Gasteiger partial charge in [-0.05, 0) is 12.5 Å². The number of hydrogen-bond acceptors (Lipinski definition) is 3. The van der Waals surface area contributed by atoms with E-state index in [1.807, 2.05) is 24.3 Å². The van der Waals surface area contributed by atoms with Crippen LogP contribution >= 0.6 is 0 Å². The SMILES string of the molecule is CC[C@H](N)c1ccccc1OCCCO. The van der Waals surface area contributed by atoms with Gasteiger partial charge in [0.25, 0.3) is 0 Å². The van der Waals surface area contributed by atoms with Gasteiger partial charge in [-0.2, -0.15) is 0 Å². The lowest BCUT2D eigenvalue weighted by molar-refractivity contribution is 0.232. The summed E-state index contributed by atoms with van der Waals surface area (Å²) in [5, 5.41) is 8.66. The third-order valence-corrected chi connectivity index (χ3v) is 2.32. The van der Waals surface area contributed by atoms with Crippen LogP contribution in [0.2, 0.25) is 0 Å². The summed E-state index contributed by atoms with van der Waals surface area (Å²) in [5.74, 6) is 0.834. The van der Waals surface area contributed by atoms with E-state index < -0.39 is 0 Å². The van der Waals surface area contributed by atoms with Crippen LogP contribution in [0, 0.1) is 0 Å². The standard InChI is InChI=1S/C12H19NO2/c1-2-11(13)10-6-3-4-7-12(10)15-9-5-8-14/h3-4,6-7,11,14H,2,5,8-9,13H2,1H3/t11-/m0/s1. The van der Waals surface area contributed by atoms with Crippen molar-refractivity contribution in [3.63, 3.8) is 0 Å². The molecule has 0 aliphatic rings. The number of para-hydroxylation sites is 1. The maximum Gasteiger partial charge on any atom is 0.124 e. The Bertz CT molecular complexity index is 289. The molecule has 1 aromatic rings. The monoisotopic (exact) mass is 209 g/mol. The van der Waals surface area contributed by atoms with Crippen LogP contribution in [0.5, 0.6) is 5.75 Å². The lowest BCUT2D eigenvalue weighted by Crippen LogP contribution is -2.11. The summed E-state index contributed by atoms with van der Waals surface area (Å²) in [6.45, 7) is 2.74.